The first-order valence-electron chi connectivity index (χ1n) is 27.3. The number of carbonyl (C=O) groups is 2. The summed E-state index contributed by atoms with van der Waals surface area (Å²) >= 11 is 6.04. The first-order chi connectivity index (χ1) is 42.3. The predicted molar refractivity (Wildman–Crippen MR) is 320 cm³/mol. The number of hydrogen-bond donors (Lipinski definition) is 3. The van der Waals surface area contributed by atoms with Crippen molar-refractivity contribution < 1.29 is 45.8 Å². The summed E-state index contributed by atoms with van der Waals surface area (Å²) in [5.74, 6) is -4.43. The number of aromatic nitrogens is 8. The molecular weight excluding hydrogens is 1150 g/mol. The molecular formula is C64H52ClF5N12O5. The van der Waals surface area contributed by atoms with Gasteiger partial charge in [0.15, 0.2) is 0 Å². The molecule has 0 atom stereocenters. The number of halogens is 6. The number of para-hydroxylation sites is 2. The molecule has 17 nitrogen and oxygen atoms in total. The van der Waals surface area contributed by atoms with Crippen molar-refractivity contribution >= 4 is 57.7 Å². The number of ether oxygens (including phenoxy) is 3. The molecule has 7 heterocycles. The quantitative estimate of drug-likeness (QED) is 0.0613. The van der Waals surface area contributed by atoms with Crippen LogP contribution in [0.5, 0.6) is 17.2 Å². The molecule has 1 saturated heterocycles. The van der Waals surface area contributed by atoms with Crippen LogP contribution >= 0.6 is 11.6 Å². The minimum Gasteiger partial charge on any atom is -0.496 e. The first-order valence-corrected chi connectivity index (χ1v) is 27.7. The number of methoxy groups -OCH3 is 3. The van der Waals surface area contributed by atoms with E-state index in [1.807, 2.05) is 57.6 Å². The zero-order valence-corrected chi connectivity index (χ0v) is 47.6. The van der Waals surface area contributed by atoms with Crippen molar-refractivity contribution in [3.8, 4) is 62.5 Å². The molecule has 3 N–H and O–H groups in total. The third-order valence-electron chi connectivity index (χ3n) is 14.4. The number of carbonyl (C=O) groups excluding carboxylic acids is 2. The average molecular weight is 1200 g/mol. The van der Waals surface area contributed by atoms with Gasteiger partial charge in [-0.05, 0) is 153 Å². The Balaban J connectivity index is 0.000000195. The molecule has 87 heavy (non-hydrogen) atoms. The van der Waals surface area contributed by atoms with Crippen LogP contribution in [0.25, 0.3) is 56.6 Å². The molecule has 11 aromatic rings. The Labute approximate surface area is 499 Å². The molecule has 6 aromatic heterocycles. The van der Waals surface area contributed by atoms with Gasteiger partial charge in [-0.2, -0.15) is 0 Å². The zero-order chi connectivity index (χ0) is 60.7. The van der Waals surface area contributed by atoms with E-state index < -0.39 is 46.5 Å². The van der Waals surface area contributed by atoms with E-state index in [0.29, 0.717) is 80.0 Å². The van der Waals surface area contributed by atoms with Crippen molar-refractivity contribution in [1.82, 2.24) is 43.6 Å². The number of hydrogen-bond acceptors (Lipinski definition) is 13. The summed E-state index contributed by atoms with van der Waals surface area (Å²) in [5.41, 5.74) is 5.40. The second kappa shape index (κ2) is 25.9. The van der Waals surface area contributed by atoms with E-state index in [0.717, 1.165) is 43.9 Å². The molecule has 1 aliphatic rings. The number of fused-ring (bicyclic) bond motifs is 2. The van der Waals surface area contributed by atoms with E-state index in [4.69, 9.17) is 40.8 Å². The summed E-state index contributed by atoms with van der Waals surface area (Å²) in [6.07, 6.45) is 10.9. The number of rotatable bonds is 16. The van der Waals surface area contributed by atoms with Gasteiger partial charge in [-0.15, -0.1) is 0 Å². The first kappa shape index (κ1) is 58.5. The Morgan fingerprint density at radius 1 is 0.540 bits per heavy atom. The Hall–Kier alpha value is -10.3. The molecule has 2 amide bonds. The number of amides is 2. The van der Waals surface area contributed by atoms with Gasteiger partial charge in [0.05, 0.1) is 72.3 Å². The lowest BCUT2D eigenvalue weighted by atomic mass is 10.0. The topological polar surface area (TPSA) is 187 Å². The van der Waals surface area contributed by atoms with Gasteiger partial charge in [-0.1, -0.05) is 30.7 Å². The number of likely N-dealkylation sites (tertiary alicyclic amines) is 1. The van der Waals surface area contributed by atoms with Crippen LogP contribution in [0.3, 0.4) is 0 Å². The smallest absolute Gasteiger partial charge is 0.259 e. The van der Waals surface area contributed by atoms with Crippen molar-refractivity contribution in [1.29, 1.82) is 0 Å². The molecule has 0 aliphatic carbocycles. The molecule has 0 bridgehead atoms. The average Bonchev–Trinajstić information content (AvgIpc) is 1.87. The number of imidazole rings is 2. The number of nitrogens with zero attached hydrogens (tertiary/aromatic N) is 9. The van der Waals surface area contributed by atoms with Crippen molar-refractivity contribution in [2.75, 3.05) is 56.9 Å². The third kappa shape index (κ3) is 12.6. The molecule has 440 valence electrons. The van der Waals surface area contributed by atoms with Gasteiger partial charge in [0.2, 0.25) is 11.2 Å². The molecule has 0 saturated carbocycles. The number of nitrogens with one attached hydrogen (secondary N) is 3. The predicted octanol–water partition coefficient (Wildman–Crippen LogP) is 13.6. The molecule has 1 aliphatic heterocycles. The molecule has 0 radical (unpaired) electrons. The molecule has 1 fully saturated rings. The summed E-state index contributed by atoms with van der Waals surface area (Å²) < 4.78 is 92.6. The fourth-order valence-corrected chi connectivity index (χ4v) is 10.3. The van der Waals surface area contributed by atoms with Gasteiger partial charge in [-0.25, -0.2) is 51.9 Å². The maximum atomic E-state index is 15.4. The Kier molecular flexibility index (Phi) is 17.4. The maximum Gasteiger partial charge on any atom is 0.259 e. The SMILES string of the molecule is COc1cc(CCN2CCCCC2)c(F)cc1Nc1nccc(-c2c(-c3ccc(OC)c(C(=O)Nc4c(F)cccc4F)c3)nc3ccccn23)n1.COc1ccc(-c2nc3ccccn3c2-c2ccnc(Cl)n2)cc1C(=O)Nc1c(F)cccc1F. The van der Waals surface area contributed by atoms with Gasteiger partial charge < -0.3 is 35.1 Å². The van der Waals surface area contributed by atoms with Crippen LogP contribution in [0, 0.1) is 29.1 Å². The molecule has 12 rings (SSSR count). The van der Waals surface area contributed by atoms with Crippen LogP contribution in [-0.2, 0) is 6.42 Å². The number of pyridine rings is 2. The molecule has 0 unspecified atom stereocenters. The van der Waals surface area contributed by atoms with E-state index >= 15 is 4.39 Å². The largest absolute Gasteiger partial charge is 0.496 e. The van der Waals surface area contributed by atoms with E-state index in [1.165, 1.54) is 65.0 Å². The molecule has 5 aromatic carbocycles. The standard InChI is InChI=1S/C39H36F3N7O3.C25H16ClF2N5O2/c1-51-32-13-12-25(21-26(32)38(50)47-36-27(40)9-8-10-28(36)41)35-37(49-19-7-4-11-34(49)46-35)30-14-16-43-39(44-30)45-31-23-29(42)24(22-33(31)52-2)15-20-48-17-5-3-6-18-48;1-35-19-9-8-14(13-15(19)24(34)32-22-16(27)5-4-6-17(22)28)21-23(18-10-11-29-25(26)30-18)33-12-3-2-7-20(33)31-21/h4,7-14,16,19,21-23H,3,5-6,15,17-18,20H2,1-2H3,(H,47,50)(H,43,44,45);2-13H,1H3,(H,32,34). The second-order valence-corrected chi connectivity index (χ2v) is 20.1. The lowest BCUT2D eigenvalue weighted by Gasteiger charge is -2.26. The number of anilines is 4. The fourth-order valence-electron chi connectivity index (χ4n) is 10.2. The van der Waals surface area contributed by atoms with Crippen LogP contribution < -0.4 is 30.2 Å². The van der Waals surface area contributed by atoms with Crippen molar-refractivity contribution in [2.24, 2.45) is 0 Å². The summed E-state index contributed by atoms with van der Waals surface area (Å²) in [6.45, 7) is 2.85. The third-order valence-corrected chi connectivity index (χ3v) is 14.6. The van der Waals surface area contributed by atoms with Crippen LogP contribution in [0.2, 0.25) is 5.28 Å². The van der Waals surface area contributed by atoms with Crippen molar-refractivity contribution in [3.63, 3.8) is 0 Å². The van der Waals surface area contributed by atoms with Crippen molar-refractivity contribution in [3.05, 3.63) is 209 Å². The minimum atomic E-state index is -0.913. The Morgan fingerprint density at radius 2 is 1.05 bits per heavy atom. The van der Waals surface area contributed by atoms with Crippen LogP contribution in [0.15, 0.2) is 158 Å². The monoisotopic (exact) mass is 1200 g/mol. The highest BCUT2D eigenvalue weighted by molar-refractivity contribution is 6.28. The summed E-state index contributed by atoms with van der Waals surface area (Å²) in [7, 11) is 4.32. The van der Waals surface area contributed by atoms with E-state index in [1.54, 1.807) is 60.8 Å². The summed E-state index contributed by atoms with van der Waals surface area (Å²) in [6, 6.07) is 33.9. The lowest BCUT2D eigenvalue weighted by molar-refractivity contribution is 0.101. The Morgan fingerprint density at radius 3 is 1.55 bits per heavy atom. The van der Waals surface area contributed by atoms with Gasteiger partial charge in [0.25, 0.3) is 11.8 Å². The summed E-state index contributed by atoms with van der Waals surface area (Å²) in [5, 5.41) is 7.81. The van der Waals surface area contributed by atoms with Crippen molar-refractivity contribution in [2.45, 2.75) is 25.7 Å². The molecule has 23 heteroatoms. The lowest BCUT2D eigenvalue weighted by Crippen LogP contribution is -2.31. The highest BCUT2D eigenvalue weighted by atomic mass is 35.5. The van der Waals surface area contributed by atoms with E-state index in [-0.39, 0.29) is 39.7 Å². The van der Waals surface area contributed by atoms with Gasteiger partial charge in [-0.3, -0.25) is 18.4 Å². The summed E-state index contributed by atoms with van der Waals surface area (Å²) in [4.78, 5) is 55.9. The number of piperidine rings is 1. The minimum absolute atomic E-state index is 0.0317. The van der Waals surface area contributed by atoms with Gasteiger partial charge in [0, 0.05) is 48.5 Å². The van der Waals surface area contributed by atoms with Crippen LogP contribution in [0.1, 0.15) is 45.5 Å². The van der Waals surface area contributed by atoms with E-state index in [9.17, 15) is 27.2 Å². The van der Waals surface area contributed by atoms with E-state index in [2.05, 4.69) is 35.8 Å². The molecule has 0 spiro atoms. The highest BCUT2D eigenvalue weighted by Gasteiger charge is 2.25. The van der Waals surface area contributed by atoms with Crippen LogP contribution in [0.4, 0.5) is 45.0 Å². The Bertz CT molecular complexity index is 4350. The number of benzene rings is 5. The fraction of sp³-hybridized carbons (Fsp3) is 0.156. The zero-order valence-electron chi connectivity index (χ0n) is 46.8. The van der Waals surface area contributed by atoms with Crippen LogP contribution in [-0.4, -0.2) is 96.4 Å². The highest BCUT2D eigenvalue weighted by Crippen LogP contribution is 2.38. The second-order valence-electron chi connectivity index (χ2n) is 19.8. The van der Waals surface area contributed by atoms with Gasteiger partial charge >= 0.3 is 0 Å². The van der Waals surface area contributed by atoms with Gasteiger partial charge in [0.1, 0.15) is 69.0 Å². The maximum absolute atomic E-state index is 15.4. The normalized spacial score (nSPS) is 12.3.